The number of nitrogens with one attached hydrogen (secondary N) is 1. The van der Waals surface area contributed by atoms with Gasteiger partial charge in [0, 0.05) is 24.0 Å². The summed E-state index contributed by atoms with van der Waals surface area (Å²) in [6.45, 7) is 9.45. The Balaban J connectivity index is 2.49. The Morgan fingerprint density at radius 2 is 2.00 bits per heavy atom. The minimum Gasteiger partial charge on any atom is -0.370 e. The first-order valence-corrected chi connectivity index (χ1v) is 7.17. The standard InChI is InChI=1S/C16H22N4/c1-5-9-18-16-14(11(2)3)12(4)19-15(20-16)13-8-6-7-10-17-13/h6-8,10-11H,5,9H2,1-4H3,(H,18,19,20). The molecule has 0 spiro atoms. The third-order valence-electron chi connectivity index (χ3n) is 3.15. The van der Waals surface area contributed by atoms with Crippen LogP contribution in [0.1, 0.15) is 44.4 Å². The Hall–Kier alpha value is -1.97. The molecule has 0 saturated carbocycles. The van der Waals surface area contributed by atoms with Crippen molar-refractivity contribution in [2.45, 2.75) is 40.0 Å². The van der Waals surface area contributed by atoms with Crippen LogP contribution in [-0.2, 0) is 0 Å². The lowest BCUT2D eigenvalue weighted by molar-refractivity contribution is 0.826. The maximum Gasteiger partial charge on any atom is 0.180 e. The zero-order valence-corrected chi connectivity index (χ0v) is 12.6. The smallest absolute Gasteiger partial charge is 0.180 e. The molecule has 106 valence electrons. The number of nitrogens with zero attached hydrogens (tertiary/aromatic N) is 3. The highest BCUT2D eigenvalue weighted by Gasteiger charge is 2.15. The van der Waals surface area contributed by atoms with Crippen LogP contribution in [-0.4, -0.2) is 21.5 Å². The number of aromatic nitrogens is 3. The molecule has 1 N–H and O–H groups in total. The average molecular weight is 270 g/mol. The number of pyridine rings is 1. The minimum absolute atomic E-state index is 0.395. The van der Waals surface area contributed by atoms with E-state index in [1.54, 1.807) is 6.20 Å². The summed E-state index contributed by atoms with van der Waals surface area (Å²) in [6.07, 6.45) is 2.84. The molecule has 0 aliphatic carbocycles. The first-order valence-electron chi connectivity index (χ1n) is 7.17. The molecule has 0 amide bonds. The second kappa shape index (κ2) is 6.46. The van der Waals surface area contributed by atoms with Crippen molar-refractivity contribution >= 4 is 5.82 Å². The second-order valence-corrected chi connectivity index (χ2v) is 5.19. The highest BCUT2D eigenvalue weighted by Crippen LogP contribution is 2.27. The van der Waals surface area contributed by atoms with Crippen molar-refractivity contribution in [1.82, 2.24) is 15.0 Å². The van der Waals surface area contributed by atoms with Gasteiger partial charge in [-0.3, -0.25) is 4.98 Å². The highest BCUT2D eigenvalue weighted by atomic mass is 15.0. The molecule has 0 radical (unpaired) electrons. The second-order valence-electron chi connectivity index (χ2n) is 5.19. The van der Waals surface area contributed by atoms with E-state index in [0.717, 1.165) is 30.2 Å². The zero-order chi connectivity index (χ0) is 14.5. The molecule has 0 atom stereocenters. The van der Waals surface area contributed by atoms with Gasteiger partial charge in [0.25, 0.3) is 0 Å². The van der Waals surface area contributed by atoms with Crippen molar-refractivity contribution in [3.63, 3.8) is 0 Å². The van der Waals surface area contributed by atoms with Gasteiger partial charge in [0.05, 0.1) is 0 Å². The van der Waals surface area contributed by atoms with E-state index in [-0.39, 0.29) is 0 Å². The van der Waals surface area contributed by atoms with E-state index in [0.29, 0.717) is 11.7 Å². The van der Waals surface area contributed by atoms with Crippen molar-refractivity contribution in [2.24, 2.45) is 0 Å². The van der Waals surface area contributed by atoms with Gasteiger partial charge < -0.3 is 5.32 Å². The summed E-state index contributed by atoms with van der Waals surface area (Å²) < 4.78 is 0. The summed E-state index contributed by atoms with van der Waals surface area (Å²) in [7, 11) is 0. The molecule has 0 aliphatic rings. The molecule has 4 nitrogen and oxygen atoms in total. The van der Waals surface area contributed by atoms with Crippen molar-refractivity contribution < 1.29 is 0 Å². The van der Waals surface area contributed by atoms with E-state index < -0.39 is 0 Å². The Morgan fingerprint density at radius 1 is 1.20 bits per heavy atom. The Labute approximate surface area is 120 Å². The van der Waals surface area contributed by atoms with E-state index in [2.05, 4.69) is 41.0 Å². The van der Waals surface area contributed by atoms with E-state index in [1.165, 1.54) is 5.56 Å². The van der Waals surface area contributed by atoms with Crippen molar-refractivity contribution in [3.05, 3.63) is 35.7 Å². The molecule has 0 aliphatic heterocycles. The predicted octanol–water partition coefficient (Wildman–Crippen LogP) is 3.79. The molecule has 2 rings (SSSR count). The number of rotatable bonds is 5. The van der Waals surface area contributed by atoms with Crippen LogP contribution >= 0.6 is 0 Å². The van der Waals surface area contributed by atoms with Gasteiger partial charge in [-0.1, -0.05) is 26.8 Å². The van der Waals surface area contributed by atoms with Crippen LogP contribution in [0, 0.1) is 6.92 Å². The normalized spacial score (nSPS) is 10.8. The lowest BCUT2D eigenvalue weighted by Crippen LogP contribution is -2.10. The molecule has 0 fully saturated rings. The van der Waals surface area contributed by atoms with E-state index >= 15 is 0 Å². The van der Waals surface area contributed by atoms with E-state index in [4.69, 9.17) is 0 Å². The van der Waals surface area contributed by atoms with Crippen LogP contribution in [0.5, 0.6) is 0 Å². The summed E-state index contributed by atoms with van der Waals surface area (Å²) in [5.74, 6) is 2.02. The first kappa shape index (κ1) is 14.4. The largest absolute Gasteiger partial charge is 0.370 e. The summed E-state index contributed by atoms with van der Waals surface area (Å²) in [6, 6.07) is 5.79. The van der Waals surface area contributed by atoms with Crippen molar-refractivity contribution in [1.29, 1.82) is 0 Å². The molecule has 2 aromatic rings. The van der Waals surface area contributed by atoms with Crippen molar-refractivity contribution in [3.8, 4) is 11.5 Å². The molecule has 2 heterocycles. The molecule has 0 bridgehead atoms. The van der Waals surface area contributed by atoms with Gasteiger partial charge in [-0.15, -0.1) is 0 Å². The van der Waals surface area contributed by atoms with Gasteiger partial charge in [0.2, 0.25) is 0 Å². The van der Waals surface area contributed by atoms with E-state index in [1.807, 2.05) is 25.1 Å². The van der Waals surface area contributed by atoms with Gasteiger partial charge in [-0.2, -0.15) is 0 Å². The number of aryl methyl sites for hydroxylation is 1. The van der Waals surface area contributed by atoms with Gasteiger partial charge in [-0.05, 0) is 31.4 Å². The molecule has 20 heavy (non-hydrogen) atoms. The fourth-order valence-electron chi connectivity index (χ4n) is 2.26. The molecule has 4 heteroatoms. The predicted molar refractivity (Wildman–Crippen MR) is 82.9 cm³/mol. The third-order valence-corrected chi connectivity index (χ3v) is 3.15. The summed E-state index contributed by atoms with van der Waals surface area (Å²) >= 11 is 0. The lowest BCUT2D eigenvalue weighted by atomic mass is 10.0. The Morgan fingerprint density at radius 3 is 2.60 bits per heavy atom. The number of hydrogen-bond donors (Lipinski definition) is 1. The molecule has 0 unspecified atom stereocenters. The maximum absolute atomic E-state index is 4.68. The van der Waals surface area contributed by atoms with Gasteiger partial charge in [0.1, 0.15) is 11.5 Å². The fourth-order valence-corrected chi connectivity index (χ4v) is 2.26. The third kappa shape index (κ3) is 3.13. The van der Waals surface area contributed by atoms with Crippen LogP contribution in [0.3, 0.4) is 0 Å². The summed E-state index contributed by atoms with van der Waals surface area (Å²) in [5.41, 5.74) is 3.03. The zero-order valence-electron chi connectivity index (χ0n) is 12.6. The van der Waals surface area contributed by atoms with Crippen LogP contribution in [0.4, 0.5) is 5.82 Å². The minimum atomic E-state index is 0.395. The maximum atomic E-state index is 4.68. The van der Waals surface area contributed by atoms with Crippen LogP contribution < -0.4 is 5.32 Å². The van der Waals surface area contributed by atoms with Crippen molar-refractivity contribution in [2.75, 3.05) is 11.9 Å². The average Bonchev–Trinajstić information content (AvgIpc) is 2.45. The first-order chi connectivity index (χ1) is 9.63. The molecular weight excluding hydrogens is 248 g/mol. The molecular formula is C16H22N4. The molecule has 0 saturated heterocycles. The van der Waals surface area contributed by atoms with Gasteiger partial charge in [0.15, 0.2) is 5.82 Å². The Kier molecular flexibility index (Phi) is 4.66. The quantitative estimate of drug-likeness (QED) is 0.898. The highest BCUT2D eigenvalue weighted by molar-refractivity contribution is 5.57. The fraction of sp³-hybridized carbons (Fsp3) is 0.438. The Bertz CT molecular complexity index is 564. The number of hydrogen-bond acceptors (Lipinski definition) is 4. The summed E-state index contributed by atoms with van der Waals surface area (Å²) in [5, 5.41) is 3.42. The topological polar surface area (TPSA) is 50.7 Å². The number of anilines is 1. The molecule has 2 aromatic heterocycles. The van der Waals surface area contributed by atoms with Gasteiger partial charge in [-0.25, -0.2) is 9.97 Å². The van der Waals surface area contributed by atoms with Crippen LogP contribution in [0.25, 0.3) is 11.5 Å². The summed E-state index contributed by atoms with van der Waals surface area (Å²) in [4.78, 5) is 13.6. The monoisotopic (exact) mass is 270 g/mol. The van der Waals surface area contributed by atoms with Crippen LogP contribution in [0.2, 0.25) is 0 Å². The lowest BCUT2D eigenvalue weighted by Gasteiger charge is -2.16. The SMILES string of the molecule is CCCNc1nc(-c2ccccn2)nc(C)c1C(C)C. The van der Waals surface area contributed by atoms with Gasteiger partial charge >= 0.3 is 0 Å². The molecule has 0 aromatic carbocycles. The van der Waals surface area contributed by atoms with Crippen LogP contribution in [0.15, 0.2) is 24.4 Å². The van der Waals surface area contributed by atoms with E-state index in [9.17, 15) is 0 Å².